The van der Waals surface area contributed by atoms with Crippen LogP contribution in [0.1, 0.15) is 64.4 Å². The molecule has 7 N–H and O–H groups in total. The maximum Gasteiger partial charge on any atom is 0.306 e. The van der Waals surface area contributed by atoms with Gasteiger partial charge in [0, 0.05) is 12.8 Å². The number of carboxylic acids is 1. The molecular weight excluding hydrogens is 574 g/mol. The van der Waals surface area contributed by atoms with E-state index in [1.807, 2.05) is 30.3 Å². The first-order valence-electron chi connectivity index (χ1n) is 14.6. The number of nitrogens with two attached hydrogens (primary N) is 1. The predicted molar refractivity (Wildman–Crippen MR) is 160 cm³/mol. The zero-order chi connectivity index (χ0) is 33.1. The Hall–Kier alpha value is -4.33. The van der Waals surface area contributed by atoms with Crippen LogP contribution in [0.15, 0.2) is 30.3 Å². The van der Waals surface area contributed by atoms with E-state index in [0.717, 1.165) is 12.7 Å². The van der Waals surface area contributed by atoms with E-state index in [4.69, 9.17) is 10.8 Å². The zero-order valence-corrected chi connectivity index (χ0v) is 25.5. The summed E-state index contributed by atoms with van der Waals surface area (Å²) in [4.78, 5) is 86.4. The van der Waals surface area contributed by atoms with Gasteiger partial charge in [-0.1, -0.05) is 44.2 Å². The molecule has 1 rings (SSSR count). The number of unbranched alkanes of at least 4 members (excludes halogenated alkanes) is 1. The molecule has 14 nitrogen and oxygen atoms in total. The van der Waals surface area contributed by atoms with Gasteiger partial charge in [0.25, 0.3) is 0 Å². The minimum Gasteiger partial charge on any atom is -0.481 e. The third kappa shape index (κ3) is 14.7. The van der Waals surface area contributed by atoms with Gasteiger partial charge < -0.3 is 41.6 Å². The van der Waals surface area contributed by atoms with Crippen molar-refractivity contribution in [2.24, 2.45) is 11.7 Å². The molecule has 0 saturated carbocycles. The molecule has 4 amide bonds. The quantitative estimate of drug-likeness (QED) is 0.0612. The molecule has 0 heterocycles. The Kier molecular flexibility index (Phi) is 17.6. The topological polar surface area (TPSA) is 223 Å². The first kappa shape index (κ1) is 37.7. The third-order valence-corrected chi connectivity index (χ3v) is 6.70. The van der Waals surface area contributed by atoms with Gasteiger partial charge in [-0.15, -0.1) is 0 Å². The Labute approximate surface area is 257 Å². The zero-order valence-electron chi connectivity index (χ0n) is 25.5. The van der Waals surface area contributed by atoms with Crippen molar-refractivity contribution in [1.29, 1.82) is 0 Å². The lowest BCUT2D eigenvalue weighted by Crippen LogP contribution is -2.58. The molecule has 0 fully saturated rings. The van der Waals surface area contributed by atoms with Crippen LogP contribution in [0.2, 0.25) is 0 Å². The summed E-state index contributed by atoms with van der Waals surface area (Å²) in [6, 6.07) is 4.78. The van der Waals surface area contributed by atoms with Crippen molar-refractivity contribution in [2.75, 3.05) is 13.7 Å². The number of ether oxygens (including phenoxy) is 1. The van der Waals surface area contributed by atoms with Crippen molar-refractivity contribution in [1.82, 2.24) is 21.3 Å². The lowest BCUT2D eigenvalue weighted by atomic mass is 10.0. The number of carbonyl (C=O) groups excluding carboxylic acids is 6. The molecule has 0 aliphatic carbocycles. The molecule has 0 unspecified atom stereocenters. The molecule has 44 heavy (non-hydrogen) atoms. The Bertz CT molecular complexity index is 1110. The molecule has 0 saturated heterocycles. The van der Waals surface area contributed by atoms with Gasteiger partial charge in [0.05, 0.1) is 19.6 Å². The minimum absolute atomic E-state index is 0.224. The van der Waals surface area contributed by atoms with Crippen LogP contribution in [-0.2, 0) is 44.7 Å². The van der Waals surface area contributed by atoms with Gasteiger partial charge in [-0.25, -0.2) is 0 Å². The van der Waals surface area contributed by atoms with Crippen LogP contribution in [0, 0.1) is 5.92 Å². The molecule has 1 aromatic carbocycles. The molecule has 14 heteroatoms. The maximum atomic E-state index is 13.4. The van der Waals surface area contributed by atoms with Crippen molar-refractivity contribution in [2.45, 2.75) is 89.4 Å². The highest BCUT2D eigenvalue weighted by molar-refractivity contribution is 5.95. The Balaban J connectivity index is 3.03. The van der Waals surface area contributed by atoms with E-state index in [1.165, 1.54) is 0 Å². The average Bonchev–Trinajstić information content (AvgIpc) is 2.99. The average molecular weight is 620 g/mol. The van der Waals surface area contributed by atoms with E-state index >= 15 is 0 Å². The van der Waals surface area contributed by atoms with Crippen molar-refractivity contribution >= 4 is 41.9 Å². The summed E-state index contributed by atoms with van der Waals surface area (Å²) in [6.07, 6.45) is 0.958. The van der Waals surface area contributed by atoms with E-state index in [1.54, 1.807) is 13.8 Å². The Morgan fingerprint density at radius 1 is 0.841 bits per heavy atom. The summed E-state index contributed by atoms with van der Waals surface area (Å²) in [6.45, 7) is 3.70. The smallest absolute Gasteiger partial charge is 0.306 e. The van der Waals surface area contributed by atoms with Crippen molar-refractivity contribution in [3.63, 3.8) is 0 Å². The molecule has 0 aromatic heterocycles. The number of aldehydes is 1. The number of hydrogen-bond donors (Lipinski definition) is 6. The molecular formula is C30H45N5O9. The predicted octanol–water partition coefficient (Wildman–Crippen LogP) is -0.0298. The van der Waals surface area contributed by atoms with Crippen molar-refractivity contribution in [3.05, 3.63) is 35.9 Å². The summed E-state index contributed by atoms with van der Waals surface area (Å²) < 4.78 is 4.50. The fourth-order valence-corrected chi connectivity index (χ4v) is 4.22. The van der Waals surface area contributed by atoms with Gasteiger partial charge in [0.15, 0.2) is 0 Å². The van der Waals surface area contributed by atoms with Gasteiger partial charge in [0.1, 0.15) is 24.4 Å². The van der Waals surface area contributed by atoms with E-state index < -0.39 is 72.1 Å². The molecule has 244 valence electrons. The lowest BCUT2D eigenvalue weighted by Gasteiger charge is -2.27. The molecule has 0 aliphatic rings. The number of carbonyl (C=O) groups is 7. The number of esters is 1. The highest BCUT2D eigenvalue weighted by atomic mass is 16.5. The first-order chi connectivity index (χ1) is 20.9. The molecule has 1 aromatic rings. The second kappa shape index (κ2) is 20.6. The van der Waals surface area contributed by atoms with E-state index in [9.17, 15) is 33.6 Å². The standard InChI is InChI=1S/C30H45N5O9/c1-19(2)27(35-29(42)23(12-14-25(38)39)33-24(37)13-15-26(40)44-3)30(43)34-22(11-7-8-16-31)28(41)32-21(18-36)17-20-9-5-4-6-10-20/h4-6,9-10,18-19,21-23,27H,7-8,11-17,31H2,1-3H3,(H,32,41)(H,33,37)(H,34,43)(H,35,42)(H,38,39)/t21-,22-,23-,27-/m0/s1. The normalized spacial score (nSPS) is 13.5. The molecule has 0 aliphatic heterocycles. The SMILES string of the molecule is COC(=O)CCC(=O)N[C@@H](CCC(=O)O)C(=O)N[C@H](C(=O)N[C@@H](CCCCN)C(=O)N[C@H](C=O)Cc1ccccc1)C(C)C. The molecule has 0 bridgehead atoms. The second-order valence-corrected chi connectivity index (χ2v) is 10.6. The monoisotopic (exact) mass is 619 g/mol. The number of amides is 4. The van der Waals surface area contributed by atoms with Crippen LogP contribution in [0.4, 0.5) is 0 Å². The molecule has 0 spiro atoms. The largest absolute Gasteiger partial charge is 0.481 e. The van der Waals surface area contributed by atoms with Gasteiger partial charge in [0.2, 0.25) is 23.6 Å². The summed E-state index contributed by atoms with van der Waals surface area (Å²) in [5.41, 5.74) is 6.44. The summed E-state index contributed by atoms with van der Waals surface area (Å²) in [5.74, 6) is -5.04. The Morgan fingerprint density at radius 2 is 1.48 bits per heavy atom. The Morgan fingerprint density at radius 3 is 2.05 bits per heavy atom. The molecule has 0 radical (unpaired) electrons. The van der Waals surface area contributed by atoms with Crippen LogP contribution in [0.3, 0.4) is 0 Å². The fraction of sp³-hybridized carbons (Fsp3) is 0.567. The van der Waals surface area contributed by atoms with Crippen molar-refractivity contribution in [3.8, 4) is 0 Å². The van der Waals surface area contributed by atoms with Gasteiger partial charge in [-0.05, 0) is 50.1 Å². The van der Waals surface area contributed by atoms with Crippen molar-refractivity contribution < 1.29 is 43.4 Å². The summed E-state index contributed by atoms with van der Waals surface area (Å²) in [7, 11) is 1.16. The number of benzene rings is 1. The number of rotatable bonds is 21. The van der Waals surface area contributed by atoms with Crippen LogP contribution < -0.4 is 27.0 Å². The number of methoxy groups -OCH3 is 1. The highest BCUT2D eigenvalue weighted by Gasteiger charge is 2.32. The van der Waals surface area contributed by atoms with Crippen LogP contribution in [-0.4, -0.2) is 84.8 Å². The minimum atomic E-state index is -1.31. The maximum absolute atomic E-state index is 13.4. The molecule has 4 atom stereocenters. The van der Waals surface area contributed by atoms with Crippen LogP contribution in [0.5, 0.6) is 0 Å². The number of carboxylic acid groups (broad SMARTS) is 1. The number of nitrogens with one attached hydrogen (secondary N) is 4. The lowest BCUT2D eigenvalue weighted by molar-refractivity contribution is -0.142. The first-order valence-corrected chi connectivity index (χ1v) is 14.6. The summed E-state index contributed by atoms with van der Waals surface area (Å²) in [5, 5.41) is 19.4. The van der Waals surface area contributed by atoms with Gasteiger partial charge in [-0.3, -0.25) is 28.8 Å². The van der Waals surface area contributed by atoms with Gasteiger partial charge in [-0.2, -0.15) is 0 Å². The highest BCUT2D eigenvalue weighted by Crippen LogP contribution is 2.09. The summed E-state index contributed by atoms with van der Waals surface area (Å²) >= 11 is 0. The number of aliphatic carboxylic acids is 1. The number of hydrogen-bond acceptors (Lipinski definition) is 9. The fourth-order valence-electron chi connectivity index (χ4n) is 4.22. The second-order valence-electron chi connectivity index (χ2n) is 10.6. The van der Waals surface area contributed by atoms with E-state index in [0.29, 0.717) is 25.7 Å². The van der Waals surface area contributed by atoms with E-state index in [-0.39, 0.29) is 32.1 Å². The third-order valence-electron chi connectivity index (χ3n) is 6.70. The van der Waals surface area contributed by atoms with Crippen LogP contribution in [0.25, 0.3) is 0 Å². The van der Waals surface area contributed by atoms with Gasteiger partial charge >= 0.3 is 11.9 Å². The van der Waals surface area contributed by atoms with Crippen LogP contribution >= 0.6 is 0 Å². The van der Waals surface area contributed by atoms with E-state index in [2.05, 4.69) is 26.0 Å².